The third kappa shape index (κ3) is 2.52. The third-order valence-electron chi connectivity index (χ3n) is 3.22. The number of hydrogen-bond donors (Lipinski definition) is 0. The molecule has 98 valence electrons. The van der Waals surface area contributed by atoms with Crippen molar-refractivity contribution >= 4 is 15.9 Å². The van der Waals surface area contributed by atoms with E-state index in [1.165, 1.54) is 0 Å². The topological polar surface area (TPSA) is 0 Å². The number of hydrogen-bond acceptors (Lipinski definition) is 0. The van der Waals surface area contributed by atoms with Crippen molar-refractivity contribution in [2.24, 2.45) is 0 Å². The van der Waals surface area contributed by atoms with E-state index in [0.717, 1.165) is 22.3 Å². The molecule has 0 fully saturated rings. The molecule has 0 saturated heterocycles. The molecule has 0 N–H and O–H groups in total. The number of benzene rings is 3. The van der Waals surface area contributed by atoms with Crippen LogP contribution in [0.1, 0.15) is 0 Å². The number of rotatable bonds is 2. The molecule has 0 aromatic heterocycles. The van der Waals surface area contributed by atoms with Crippen molar-refractivity contribution in [3.05, 3.63) is 83.1 Å². The van der Waals surface area contributed by atoms with Crippen molar-refractivity contribution in [2.45, 2.75) is 0 Å². The normalized spacial score (nSPS) is 10.5. The van der Waals surface area contributed by atoms with E-state index >= 15 is 0 Å². The van der Waals surface area contributed by atoms with Gasteiger partial charge in [-0.2, -0.15) is 0 Å². The zero-order valence-electron chi connectivity index (χ0n) is 10.7. The highest BCUT2D eigenvalue weighted by Crippen LogP contribution is 2.34. The zero-order chi connectivity index (χ0) is 13.9. The van der Waals surface area contributed by atoms with Gasteiger partial charge in [0, 0.05) is 0 Å². The van der Waals surface area contributed by atoms with E-state index in [1.54, 1.807) is 6.07 Å². The Kier molecular flexibility index (Phi) is 3.66. The largest absolute Gasteiger partial charge is 0.206 e. The Balaban J connectivity index is 2.19. The molecular weight excluding hydrogens is 315 g/mol. The standard InChI is InChI=1S/C18H12BrF/c19-18-16(14-9-5-2-6-10-14)11-15(12-17(18)20)13-7-3-1-4-8-13/h1-12H. The molecule has 0 atom stereocenters. The predicted octanol–water partition coefficient (Wildman–Crippen LogP) is 5.92. The van der Waals surface area contributed by atoms with E-state index in [1.807, 2.05) is 66.7 Å². The van der Waals surface area contributed by atoms with Gasteiger partial charge >= 0.3 is 0 Å². The van der Waals surface area contributed by atoms with Crippen LogP contribution >= 0.6 is 15.9 Å². The quantitative estimate of drug-likeness (QED) is 0.548. The van der Waals surface area contributed by atoms with Crippen molar-refractivity contribution in [3.63, 3.8) is 0 Å². The second kappa shape index (κ2) is 5.59. The zero-order valence-corrected chi connectivity index (χ0v) is 12.3. The first kappa shape index (κ1) is 13.1. The Morgan fingerprint density at radius 3 is 1.80 bits per heavy atom. The minimum atomic E-state index is -0.245. The fourth-order valence-electron chi connectivity index (χ4n) is 2.21. The van der Waals surface area contributed by atoms with Crippen LogP contribution in [0.3, 0.4) is 0 Å². The van der Waals surface area contributed by atoms with Crippen molar-refractivity contribution in [3.8, 4) is 22.3 Å². The van der Waals surface area contributed by atoms with Gasteiger partial charge in [0.1, 0.15) is 5.82 Å². The Morgan fingerprint density at radius 2 is 1.20 bits per heavy atom. The summed E-state index contributed by atoms with van der Waals surface area (Å²) in [5.74, 6) is -0.245. The Hall–Kier alpha value is -1.93. The summed E-state index contributed by atoms with van der Waals surface area (Å²) in [6, 6.07) is 23.2. The van der Waals surface area contributed by atoms with Gasteiger partial charge in [-0.1, -0.05) is 60.7 Å². The first-order chi connectivity index (χ1) is 9.75. The molecule has 0 unspecified atom stereocenters. The lowest BCUT2D eigenvalue weighted by atomic mass is 9.99. The molecule has 2 heteroatoms. The lowest BCUT2D eigenvalue weighted by molar-refractivity contribution is 0.622. The van der Waals surface area contributed by atoms with E-state index in [9.17, 15) is 4.39 Å². The van der Waals surface area contributed by atoms with Crippen LogP contribution in [0.4, 0.5) is 4.39 Å². The summed E-state index contributed by atoms with van der Waals surface area (Å²) in [5.41, 5.74) is 3.75. The van der Waals surface area contributed by atoms with Crippen LogP contribution in [0.15, 0.2) is 77.3 Å². The molecule has 0 nitrogen and oxygen atoms in total. The van der Waals surface area contributed by atoms with Crippen LogP contribution in [-0.2, 0) is 0 Å². The van der Waals surface area contributed by atoms with E-state index in [4.69, 9.17) is 0 Å². The second-order valence-electron chi connectivity index (χ2n) is 4.55. The fraction of sp³-hybridized carbons (Fsp3) is 0. The van der Waals surface area contributed by atoms with Crippen LogP contribution in [0.2, 0.25) is 0 Å². The molecule has 0 bridgehead atoms. The maximum Gasteiger partial charge on any atom is 0.138 e. The van der Waals surface area contributed by atoms with E-state index in [2.05, 4.69) is 15.9 Å². The van der Waals surface area contributed by atoms with Gasteiger partial charge in [-0.3, -0.25) is 0 Å². The number of halogens is 2. The summed E-state index contributed by atoms with van der Waals surface area (Å²) in [7, 11) is 0. The summed E-state index contributed by atoms with van der Waals surface area (Å²) < 4.78 is 14.7. The van der Waals surface area contributed by atoms with Crippen molar-refractivity contribution in [1.82, 2.24) is 0 Å². The Labute approximate surface area is 126 Å². The van der Waals surface area contributed by atoms with Crippen molar-refractivity contribution < 1.29 is 4.39 Å². The summed E-state index contributed by atoms with van der Waals surface area (Å²) >= 11 is 3.35. The average Bonchev–Trinajstić information content (AvgIpc) is 2.51. The van der Waals surface area contributed by atoms with Gasteiger partial charge in [0.2, 0.25) is 0 Å². The van der Waals surface area contributed by atoms with Gasteiger partial charge in [0.15, 0.2) is 0 Å². The minimum Gasteiger partial charge on any atom is -0.206 e. The monoisotopic (exact) mass is 326 g/mol. The molecule has 0 aliphatic carbocycles. The molecule has 0 amide bonds. The van der Waals surface area contributed by atoms with Crippen molar-refractivity contribution in [2.75, 3.05) is 0 Å². The maximum absolute atomic E-state index is 14.2. The molecule has 0 aliphatic rings. The first-order valence-electron chi connectivity index (χ1n) is 6.35. The molecular formula is C18H12BrF. The van der Waals surface area contributed by atoms with Crippen molar-refractivity contribution in [1.29, 1.82) is 0 Å². The summed E-state index contributed by atoms with van der Waals surface area (Å²) in [4.78, 5) is 0. The Bertz CT molecular complexity index is 721. The molecule has 0 aliphatic heterocycles. The molecule has 0 heterocycles. The minimum absolute atomic E-state index is 0.245. The van der Waals surface area contributed by atoms with Crippen LogP contribution < -0.4 is 0 Å². The lowest BCUT2D eigenvalue weighted by Crippen LogP contribution is -1.88. The van der Waals surface area contributed by atoms with Crippen LogP contribution in [0.5, 0.6) is 0 Å². The van der Waals surface area contributed by atoms with Gasteiger partial charge in [0.25, 0.3) is 0 Å². The molecule has 0 spiro atoms. The highest BCUT2D eigenvalue weighted by molar-refractivity contribution is 9.10. The first-order valence-corrected chi connectivity index (χ1v) is 7.15. The van der Waals surface area contributed by atoms with E-state index in [0.29, 0.717) is 4.47 Å². The highest BCUT2D eigenvalue weighted by Gasteiger charge is 2.11. The highest BCUT2D eigenvalue weighted by atomic mass is 79.9. The smallest absolute Gasteiger partial charge is 0.138 e. The van der Waals surface area contributed by atoms with Gasteiger partial charge in [-0.25, -0.2) is 4.39 Å². The Morgan fingerprint density at radius 1 is 0.650 bits per heavy atom. The van der Waals surface area contributed by atoms with Gasteiger partial charge in [-0.05, 0) is 50.3 Å². The van der Waals surface area contributed by atoms with Gasteiger partial charge in [-0.15, -0.1) is 0 Å². The van der Waals surface area contributed by atoms with Gasteiger partial charge < -0.3 is 0 Å². The average molecular weight is 327 g/mol. The van der Waals surface area contributed by atoms with Crippen LogP contribution in [-0.4, -0.2) is 0 Å². The second-order valence-corrected chi connectivity index (χ2v) is 5.34. The maximum atomic E-state index is 14.2. The van der Waals surface area contributed by atoms with Crippen LogP contribution in [0, 0.1) is 5.82 Å². The van der Waals surface area contributed by atoms with Gasteiger partial charge in [0.05, 0.1) is 4.47 Å². The molecule has 0 saturated carbocycles. The lowest BCUT2D eigenvalue weighted by Gasteiger charge is -2.10. The molecule has 3 aromatic rings. The van der Waals surface area contributed by atoms with E-state index in [-0.39, 0.29) is 5.82 Å². The SMILES string of the molecule is Fc1cc(-c2ccccc2)cc(-c2ccccc2)c1Br. The summed E-state index contributed by atoms with van der Waals surface area (Å²) in [6.45, 7) is 0. The molecule has 3 aromatic carbocycles. The molecule has 20 heavy (non-hydrogen) atoms. The van der Waals surface area contributed by atoms with E-state index < -0.39 is 0 Å². The predicted molar refractivity (Wildman–Crippen MR) is 85.0 cm³/mol. The third-order valence-corrected chi connectivity index (χ3v) is 4.03. The molecule has 3 rings (SSSR count). The summed E-state index contributed by atoms with van der Waals surface area (Å²) in [6.07, 6.45) is 0. The molecule has 0 radical (unpaired) electrons. The van der Waals surface area contributed by atoms with Crippen LogP contribution in [0.25, 0.3) is 22.3 Å². The summed E-state index contributed by atoms with van der Waals surface area (Å²) in [5, 5.41) is 0. The fourth-order valence-corrected chi connectivity index (χ4v) is 2.67.